The molecule has 2 fully saturated rings. The number of likely N-dealkylation sites (tertiary alicyclic amines) is 1. The molecular formula is C32H33Cl2N2O5S-. The summed E-state index contributed by atoms with van der Waals surface area (Å²) >= 11 is 10.1. The van der Waals surface area contributed by atoms with Crippen LogP contribution in [0.2, 0.25) is 10.0 Å². The van der Waals surface area contributed by atoms with Crippen LogP contribution in [-0.4, -0.2) is 47.5 Å². The molecule has 0 bridgehead atoms. The summed E-state index contributed by atoms with van der Waals surface area (Å²) in [7, 11) is 0. The van der Waals surface area contributed by atoms with E-state index in [4.69, 9.17) is 23.2 Å². The minimum atomic E-state index is -2.55. The van der Waals surface area contributed by atoms with Crippen LogP contribution in [0.3, 0.4) is 0 Å². The standard InChI is InChI=1S/C32H34Cl2N2O5S/c1-32(18-29(37)38)17-27(24-8-5-9-26(34)16-24)30(23-12-14-25(33)15-13-23)36(31(32)39)28(22-10-11-22)20-35(42(40)41)19-21-6-3-2-4-7-21/h2-9,12-16,22,27-28,30H,10-11,17-20H2,1H3,(H,37,38)(H,40,41)/p-1. The Balaban J connectivity index is 1.64. The molecule has 2 aliphatic rings. The summed E-state index contributed by atoms with van der Waals surface area (Å²) in [5, 5.41) is 11.0. The molecule has 1 amide bonds. The number of piperidine rings is 1. The van der Waals surface area contributed by atoms with Crippen molar-refractivity contribution >= 4 is 46.3 Å². The summed E-state index contributed by atoms with van der Waals surface area (Å²) < 4.78 is 26.5. The number of hydrogen-bond donors (Lipinski definition) is 1. The lowest BCUT2D eigenvalue weighted by atomic mass is 9.67. The number of carboxylic acid groups (broad SMARTS) is 1. The summed E-state index contributed by atoms with van der Waals surface area (Å²) in [6.45, 7) is 1.97. The Morgan fingerprint density at radius 2 is 1.74 bits per heavy atom. The Labute approximate surface area is 258 Å². The van der Waals surface area contributed by atoms with Crippen molar-refractivity contribution < 1.29 is 23.5 Å². The van der Waals surface area contributed by atoms with Crippen molar-refractivity contribution in [3.8, 4) is 0 Å². The van der Waals surface area contributed by atoms with Gasteiger partial charge in [0, 0.05) is 46.4 Å². The van der Waals surface area contributed by atoms with Gasteiger partial charge in [0.1, 0.15) is 0 Å². The maximum Gasteiger partial charge on any atom is 0.304 e. The second kappa shape index (κ2) is 12.9. The fraction of sp³-hybridized carbons (Fsp3) is 0.375. The van der Waals surface area contributed by atoms with Gasteiger partial charge in [0.15, 0.2) is 0 Å². The van der Waals surface area contributed by atoms with Gasteiger partial charge in [0.25, 0.3) is 0 Å². The zero-order valence-corrected chi connectivity index (χ0v) is 25.5. The van der Waals surface area contributed by atoms with Crippen LogP contribution in [0.1, 0.15) is 61.3 Å². The number of nitrogens with zero attached hydrogens (tertiary/aromatic N) is 2. The maximum atomic E-state index is 14.6. The van der Waals surface area contributed by atoms with Crippen LogP contribution in [0.4, 0.5) is 0 Å². The van der Waals surface area contributed by atoms with E-state index in [1.807, 2.05) is 65.6 Å². The first-order valence-electron chi connectivity index (χ1n) is 14.0. The molecule has 5 unspecified atom stereocenters. The average molecular weight is 629 g/mol. The predicted octanol–water partition coefficient (Wildman–Crippen LogP) is 6.61. The van der Waals surface area contributed by atoms with E-state index in [1.165, 1.54) is 4.31 Å². The molecule has 1 saturated carbocycles. The smallest absolute Gasteiger partial charge is 0.304 e. The molecule has 0 radical (unpaired) electrons. The molecule has 10 heteroatoms. The molecule has 5 atom stereocenters. The number of carbonyl (C=O) groups is 2. The molecular weight excluding hydrogens is 595 g/mol. The Bertz CT molecular complexity index is 1450. The fourth-order valence-corrected chi connectivity index (χ4v) is 7.22. The van der Waals surface area contributed by atoms with Gasteiger partial charge < -0.3 is 14.6 Å². The molecule has 42 heavy (non-hydrogen) atoms. The van der Waals surface area contributed by atoms with Gasteiger partial charge in [-0.2, -0.15) is 0 Å². The highest BCUT2D eigenvalue weighted by Gasteiger charge is 2.54. The Hall–Kier alpha value is -2.75. The number of hydrogen-bond acceptors (Lipinski definition) is 4. The summed E-state index contributed by atoms with van der Waals surface area (Å²) in [6.07, 6.45) is 1.65. The molecule has 1 heterocycles. The molecule has 222 valence electrons. The van der Waals surface area contributed by atoms with Crippen LogP contribution < -0.4 is 0 Å². The average Bonchev–Trinajstić information content (AvgIpc) is 3.79. The monoisotopic (exact) mass is 627 g/mol. The highest BCUT2D eigenvalue weighted by atomic mass is 35.5. The number of carbonyl (C=O) groups excluding carboxylic acids is 1. The lowest BCUT2D eigenvalue weighted by Crippen LogP contribution is -2.59. The van der Waals surface area contributed by atoms with Crippen LogP contribution >= 0.6 is 23.2 Å². The number of rotatable bonds is 11. The lowest BCUT2D eigenvalue weighted by Gasteiger charge is -2.52. The SMILES string of the molecule is CC1(CC(=O)O)CC(c2cccc(Cl)c2)C(c2ccc(Cl)cc2)N(C(CN(Cc2ccccc2)S(=O)[O-])C2CC2)C1=O. The molecule has 7 nitrogen and oxygen atoms in total. The van der Waals surface area contributed by atoms with E-state index in [-0.39, 0.29) is 37.3 Å². The van der Waals surface area contributed by atoms with Crippen molar-refractivity contribution in [1.82, 2.24) is 9.21 Å². The third kappa shape index (κ3) is 6.90. The van der Waals surface area contributed by atoms with Gasteiger partial charge in [-0.15, -0.1) is 0 Å². The molecule has 0 aromatic heterocycles. The minimum Gasteiger partial charge on any atom is -0.760 e. The summed E-state index contributed by atoms with van der Waals surface area (Å²) in [5.41, 5.74) is 1.36. The Morgan fingerprint density at radius 3 is 2.33 bits per heavy atom. The van der Waals surface area contributed by atoms with E-state index in [2.05, 4.69) is 0 Å². The number of halogens is 2. The molecule has 1 aliphatic carbocycles. The van der Waals surface area contributed by atoms with Crippen molar-refractivity contribution in [3.63, 3.8) is 0 Å². The van der Waals surface area contributed by atoms with Crippen molar-refractivity contribution in [2.24, 2.45) is 11.3 Å². The molecule has 3 aromatic rings. The van der Waals surface area contributed by atoms with Gasteiger partial charge in [-0.1, -0.05) is 84.7 Å². The van der Waals surface area contributed by atoms with E-state index < -0.39 is 34.7 Å². The number of benzene rings is 3. The first-order chi connectivity index (χ1) is 20.1. The zero-order chi connectivity index (χ0) is 30.0. The van der Waals surface area contributed by atoms with Gasteiger partial charge >= 0.3 is 5.97 Å². The third-order valence-corrected chi connectivity index (χ3v) is 9.65. The van der Waals surface area contributed by atoms with Crippen molar-refractivity contribution in [2.45, 2.75) is 57.2 Å². The maximum absolute atomic E-state index is 14.6. The van der Waals surface area contributed by atoms with Gasteiger partial charge in [0.2, 0.25) is 5.91 Å². The van der Waals surface area contributed by atoms with E-state index in [9.17, 15) is 23.5 Å². The summed E-state index contributed by atoms with van der Waals surface area (Å²) in [6, 6.07) is 23.2. The van der Waals surface area contributed by atoms with E-state index in [0.29, 0.717) is 16.5 Å². The van der Waals surface area contributed by atoms with Gasteiger partial charge in [-0.25, -0.2) is 4.31 Å². The topological polar surface area (TPSA) is 101 Å². The Morgan fingerprint density at radius 1 is 1.05 bits per heavy atom. The van der Waals surface area contributed by atoms with Crippen LogP contribution in [0, 0.1) is 11.3 Å². The summed E-state index contributed by atoms with van der Waals surface area (Å²) in [5.74, 6) is -1.56. The first kappa shape index (κ1) is 30.7. The van der Waals surface area contributed by atoms with Crippen molar-refractivity contribution in [1.29, 1.82) is 0 Å². The molecule has 1 aliphatic heterocycles. The second-order valence-electron chi connectivity index (χ2n) is 11.6. The Kier molecular flexibility index (Phi) is 9.40. The lowest BCUT2D eigenvalue weighted by molar-refractivity contribution is -0.161. The molecule has 5 rings (SSSR count). The van der Waals surface area contributed by atoms with Crippen LogP contribution in [0.5, 0.6) is 0 Å². The highest BCUT2D eigenvalue weighted by Crippen LogP contribution is 2.54. The molecule has 3 aromatic carbocycles. The zero-order valence-electron chi connectivity index (χ0n) is 23.2. The van der Waals surface area contributed by atoms with Crippen LogP contribution in [0.25, 0.3) is 0 Å². The normalized spacial score (nSPS) is 24.0. The molecule has 1 N–H and O–H groups in total. The van der Waals surface area contributed by atoms with E-state index in [0.717, 1.165) is 29.5 Å². The number of carboxylic acids is 1. The van der Waals surface area contributed by atoms with Crippen molar-refractivity contribution in [3.05, 3.63) is 106 Å². The van der Waals surface area contributed by atoms with E-state index >= 15 is 0 Å². The molecule has 0 spiro atoms. The minimum absolute atomic E-state index is 0.0813. The number of aliphatic carboxylic acids is 1. The largest absolute Gasteiger partial charge is 0.760 e. The van der Waals surface area contributed by atoms with Gasteiger partial charge in [0.05, 0.1) is 17.9 Å². The third-order valence-electron chi connectivity index (χ3n) is 8.46. The quantitative estimate of drug-likeness (QED) is 0.241. The van der Waals surface area contributed by atoms with E-state index in [1.54, 1.807) is 25.1 Å². The number of amides is 1. The molecule has 1 saturated heterocycles. The van der Waals surface area contributed by atoms with Crippen molar-refractivity contribution in [2.75, 3.05) is 6.54 Å². The highest BCUT2D eigenvalue weighted by molar-refractivity contribution is 7.76. The fourth-order valence-electron chi connectivity index (χ4n) is 6.36. The van der Waals surface area contributed by atoms with Crippen LogP contribution in [0.15, 0.2) is 78.9 Å². The second-order valence-corrected chi connectivity index (χ2v) is 13.5. The van der Waals surface area contributed by atoms with Crippen LogP contribution in [-0.2, 0) is 27.4 Å². The van der Waals surface area contributed by atoms with Gasteiger partial charge in [-0.3, -0.25) is 13.8 Å². The van der Waals surface area contributed by atoms with Gasteiger partial charge in [-0.05, 0) is 66.1 Å². The summed E-state index contributed by atoms with van der Waals surface area (Å²) in [4.78, 5) is 28.5. The predicted molar refractivity (Wildman–Crippen MR) is 162 cm³/mol. The first-order valence-corrected chi connectivity index (χ1v) is 15.8.